The van der Waals surface area contributed by atoms with Gasteiger partial charge in [-0.3, -0.25) is 4.68 Å². The normalized spacial score (nSPS) is 11.9. The third kappa shape index (κ3) is 3.11. The summed E-state index contributed by atoms with van der Waals surface area (Å²) in [5, 5.41) is 16.0. The van der Waals surface area contributed by atoms with Gasteiger partial charge in [0.2, 0.25) is 0 Å². The third-order valence-electron chi connectivity index (χ3n) is 2.66. The largest absolute Gasteiger partial charge is 0.453 e. The molecular formula is C13H15BrN4O2. The Morgan fingerprint density at radius 2 is 2.25 bits per heavy atom. The molecule has 7 heteroatoms. The number of benzene rings is 1. The van der Waals surface area contributed by atoms with Crippen molar-refractivity contribution in [3.63, 3.8) is 0 Å². The van der Waals surface area contributed by atoms with Gasteiger partial charge in [0.15, 0.2) is 11.6 Å². The number of nitrogens with two attached hydrogens (primary N) is 1. The SMILES string of the molecule is CC(C)n1cc(Oc2ccc(Br)cc2/C(N)=N/O)cn1. The number of amidine groups is 1. The number of ether oxygens (including phenoxy) is 1. The van der Waals surface area contributed by atoms with E-state index in [1.165, 1.54) is 0 Å². The summed E-state index contributed by atoms with van der Waals surface area (Å²) in [5.74, 6) is 1.07. The fourth-order valence-corrected chi connectivity index (χ4v) is 1.99. The molecule has 0 aliphatic carbocycles. The van der Waals surface area contributed by atoms with Crippen LogP contribution in [-0.2, 0) is 0 Å². The number of hydrogen-bond donors (Lipinski definition) is 2. The van der Waals surface area contributed by atoms with Crippen LogP contribution >= 0.6 is 15.9 Å². The van der Waals surface area contributed by atoms with Crippen LogP contribution in [0.2, 0.25) is 0 Å². The molecule has 0 amide bonds. The summed E-state index contributed by atoms with van der Waals surface area (Å²) in [6.07, 6.45) is 3.42. The lowest BCUT2D eigenvalue weighted by molar-refractivity contribution is 0.318. The van der Waals surface area contributed by atoms with Gasteiger partial charge in [-0.2, -0.15) is 5.10 Å². The van der Waals surface area contributed by atoms with Gasteiger partial charge in [0.25, 0.3) is 0 Å². The van der Waals surface area contributed by atoms with E-state index in [-0.39, 0.29) is 11.9 Å². The van der Waals surface area contributed by atoms with Crippen LogP contribution in [-0.4, -0.2) is 20.8 Å². The molecule has 1 aromatic carbocycles. The van der Waals surface area contributed by atoms with Crippen LogP contribution in [0.1, 0.15) is 25.5 Å². The minimum Gasteiger partial charge on any atom is -0.453 e. The van der Waals surface area contributed by atoms with Gasteiger partial charge in [-0.25, -0.2) is 0 Å². The summed E-state index contributed by atoms with van der Waals surface area (Å²) in [7, 11) is 0. The van der Waals surface area contributed by atoms with E-state index in [4.69, 9.17) is 15.7 Å². The average molecular weight is 339 g/mol. The molecule has 1 aromatic heterocycles. The van der Waals surface area contributed by atoms with Crippen molar-refractivity contribution in [1.29, 1.82) is 0 Å². The van der Waals surface area contributed by atoms with E-state index in [0.717, 1.165) is 4.47 Å². The summed E-state index contributed by atoms with van der Waals surface area (Å²) < 4.78 is 8.34. The van der Waals surface area contributed by atoms with Gasteiger partial charge in [-0.15, -0.1) is 0 Å². The molecule has 106 valence electrons. The van der Waals surface area contributed by atoms with Crippen LogP contribution in [0.25, 0.3) is 0 Å². The van der Waals surface area contributed by atoms with Crippen molar-refractivity contribution in [3.05, 3.63) is 40.6 Å². The molecule has 0 radical (unpaired) electrons. The molecule has 3 N–H and O–H groups in total. The molecule has 0 aliphatic heterocycles. The second kappa shape index (κ2) is 5.96. The number of rotatable bonds is 4. The summed E-state index contributed by atoms with van der Waals surface area (Å²) >= 11 is 3.34. The highest BCUT2D eigenvalue weighted by molar-refractivity contribution is 9.10. The minimum atomic E-state index is -0.0162. The fraction of sp³-hybridized carbons (Fsp3) is 0.231. The Hall–Kier alpha value is -2.02. The first-order valence-corrected chi connectivity index (χ1v) is 6.80. The van der Waals surface area contributed by atoms with Gasteiger partial charge in [-0.1, -0.05) is 21.1 Å². The van der Waals surface area contributed by atoms with E-state index in [1.807, 2.05) is 19.9 Å². The standard InChI is InChI=1S/C13H15BrN4O2/c1-8(2)18-7-10(6-16-18)20-12-4-3-9(14)5-11(12)13(15)17-19/h3-8,19H,1-2H3,(H2,15,17). The van der Waals surface area contributed by atoms with E-state index in [1.54, 1.807) is 29.2 Å². The maximum atomic E-state index is 8.82. The Bertz CT molecular complexity index is 637. The Morgan fingerprint density at radius 3 is 2.85 bits per heavy atom. The van der Waals surface area contributed by atoms with Gasteiger partial charge in [-0.05, 0) is 32.0 Å². The first-order valence-electron chi connectivity index (χ1n) is 6.00. The van der Waals surface area contributed by atoms with Crippen molar-refractivity contribution in [3.8, 4) is 11.5 Å². The van der Waals surface area contributed by atoms with Crippen LogP contribution in [0.3, 0.4) is 0 Å². The Balaban J connectivity index is 2.32. The van der Waals surface area contributed by atoms with Crippen LogP contribution in [0, 0.1) is 0 Å². The molecule has 0 saturated heterocycles. The Morgan fingerprint density at radius 1 is 1.50 bits per heavy atom. The predicted octanol–water partition coefficient (Wildman–Crippen LogP) is 3.11. The van der Waals surface area contributed by atoms with Crippen molar-refractivity contribution >= 4 is 21.8 Å². The molecule has 0 spiro atoms. The maximum absolute atomic E-state index is 8.82. The lowest BCUT2D eigenvalue weighted by Gasteiger charge is -2.09. The Labute approximate surface area is 125 Å². The van der Waals surface area contributed by atoms with E-state index in [2.05, 4.69) is 26.2 Å². The van der Waals surface area contributed by atoms with E-state index >= 15 is 0 Å². The average Bonchev–Trinajstić information content (AvgIpc) is 2.88. The summed E-state index contributed by atoms with van der Waals surface area (Å²) in [6.45, 7) is 4.05. The lowest BCUT2D eigenvalue weighted by atomic mass is 10.2. The van der Waals surface area contributed by atoms with Gasteiger partial charge in [0.05, 0.1) is 18.0 Å². The smallest absolute Gasteiger partial charge is 0.173 e. The quantitative estimate of drug-likeness (QED) is 0.388. The van der Waals surface area contributed by atoms with E-state index in [0.29, 0.717) is 17.1 Å². The van der Waals surface area contributed by atoms with Crippen LogP contribution in [0.15, 0.2) is 40.2 Å². The molecule has 0 unspecified atom stereocenters. The molecule has 0 bridgehead atoms. The lowest BCUT2D eigenvalue weighted by Crippen LogP contribution is -2.14. The second-order valence-corrected chi connectivity index (χ2v) is 5.39. The molecule has 1 heterocycles. The van der Waals surface area contributed by atoms with Gasteiger partial charge in [0.1, 0.15) is 5.75 Å². The first-order chi connectivity index (χ1) is 9.51. The van der Waals surface area contributed by atoms with Gasteiger partial charge < -0.3 is 15.7 Å². The van der Waals surface area contributed by atoms with Gasteiger partial charge in [0, 0.05) is 10.5 Å². The molecular weight excluding hydrogens is 324 g/mol. The highest BCUT2D eigenvalue weighted by Gasteiger charge is 2.11. The molecule has 2 rings (SSSR count). The van der Waals surface area contributed by atoms with Crippen molar-refractivity contribution in [2.45, 2.75) is 19.9 Å². The Kier molecular flexibility index (Phi) is 4.29. The number of hydrogen-bond acceptors (Lipinski definition) is 4. The predicted molar refractivity (Wildman–Crippen MR) is 79.3 cm³/mol. The summed E-state index contributed by atoms with van der Waals surface area (Å²) in [5.41, 5.74) is 6.15. The number of halogens is 1. The molecule has 6 nitrogen and oxygen atoms in total. The molecule has 0 atom stereocenters. The second-order valence-electron chi connectivity index (χ2n) is 4.48. The monoisotopic (exact) mass is 338 g/mol. The van der Waals surface area contributed by atoms with E-state index in [9.17, 15) is 0 Å². The third-order valence-corrected chi connectivity index (χ3v) is 3.15. The summed E-state index contributed by atoms with van der Waals surface area (Å²) in [6, 6.07) is 5.53. The van der Waals surface area contributed by atoms with Crippen LogP contribution in [0.4, 0.5) is 0 Å². The molecule has 0 aliphatic rings. The maximum Gasteiger partial charge on any atom is 0.173 e. The van der Waals surface area contributed by atoms with Gasteiger partial charge >= 0.3 is 0 Å². The number of oxime groups is 1. The number of aromatic nitrogens is 2. The number of nitrogens with zero attached hydrogens (tertiary/aromatic N) is 3. The van der Waals surface area contributed by atoms with E-state index < -0.39 is 0 Å². The summed E-state index contributed by atoms with van der Waals surface area (Å²) in [4.78, 5) is 0. The van der Waals surface area contributed by atoms with Crippen molar-refractivity contribution < 1.29 is 9.94 Å². The molecule has 2 aromatic rings. The highest BCUT2D eigenvalue weighted by atomic mass is 79.9. The highest BCUT2D eigenvalue weighted by Crippen LogP contribution is 2.28. The fourth-order valence-electron chi connectivity index (χ4n) is 1.63. The van der Waals surface area contributed by atoms with Crippen LogP contribution in [0.5, 0.6) is 11.5 Å². The first kappa shape index (κ1) is 14.4. The van der Waals surface area contributed by atoms with Crippen molar-refractivity contribution in [2.24, 2.45) is 10.9 Å². The molecule has 20 heavy (non-hydrogen) atoms. The topological polar surface area (TPSA) is 85.7 Å². The van der Waals surface area contributed by atoms with Crippen molar-refractivity contribution in [1.82, 2.24) is 9.78 Å². The zero-order chi connectivity index (χ0) is 14.7. The minimum absolute atomic E-state index is 0.0162. The van der Waals surface area contributed by atoms with Crippen molar-refractivity contribution in [2.75, 3.05) is 0 Å². The zero-order valence-corrected chi connectivity index (χ0v) is 12.7. The van der Waals surface area contributed by atoms with Crippen LogP contribution < -0.4 is 10.5 Å². The zero-order valence-electron chi connectivity index (χ0n) is 11.1. The molecule has 0 fully saturated rings. The molecule has 0 saturated carbocycles.